The van der Waals surface area contributed by atoms with Gasteiger partial charge in [-0.1, -0.05) is 0 Å². The lowest BCUT2D eigenvalue weighted by Gasteiger charge is -2.42. The Labute approximate surface area is 66.8 Å². The molecule has 11 heavy (non-hydrogen) atoms. The zero-order valence-electron chi connectivity index (χ0n) is 6.66. The molecule has 3 unspecified atom stereocenters. The quantitative estimate of drug-likeness (QED) is 0.553. The molecule has 4 saturated carbocycles. The van der Waals surface area contributed by atoms with Crippen LogP contribution in [0.15, 0.2) is 0 Å². The van der Waals surface area contributed by atoms with Crippen molar-refractivity contribution >= 4 is 0 Å². The van der Waals surface area contributed by atoms with Crippen molar-refractivity contribution in [2.24, 2.45) is 29.6 Å². The monoisotopic (exact) mass is 150 g/mol. The first-order valence-electron chi connectivity index (χ1n) is 5.00. The molecular weight excluding hydrogens is 136 g/mol. The number of aliphatic hydroxyl groups is 1. The molecule has 4 fully saturated rings. The van der Waals surface area contributed by atoms with Gasteiger partial charge in [-0.15, -0.1) is 0 Å². The van der Waals surface area contributed by atoms with E-state index < -0.39 is 0 Å². The Hall–Kier alpha value is -0.0400. The van der Waals surface area contributed by atoms with Gasteiger partial charge in [0, 0.05) is 0 Å². The van der Waals surface area contributed by atoms with Crippen molar-refractivity contribution in [2.75, 3.05) is 0 Å². The molecule has 4 rings (SSSR count). The molecule has 1 heteroatoms. The molecule has 0 heterocycles. The molecule has 0 aromatic carbocycles. The lowest BCUT2D eigenvalue weighted by atomic mass is 9.67. The Morgan fingerprint density at radius 3 is 1.91 bits per heavy atom. The van der Waals surface area contributed by atoms with E-state index in [1.165, 1.54) is 12.8 Å². The Morgan fingerprint density at radius 2 is 1.64 bits per heavy atom. The van der Waals surface area contributed by atoms with Gasteiger partial charge in [-0.3, -0.25) is 0 Å². The van der Waals surface area contributed by atoms with Crippen molar-refractivity contribution in [3.63, 3.8) is 0 Å². The summed E-state index contributed by atoms with van der Waals surface area (Å²) in [5.74, 6) is 4.58. The maximum Gasteiger partial charge on any atom is 0.0686 e. The van der Waals surface area contributed by atoms with E-state index in [2.05, 4.69) is 0 Å². The molecule has 3 atom stereocenters. The first-order chi connectivity index (χ1) is 5.28. The topological polar surface area (TPSA) is 20.2 Å². The summed E-state index contributed by atoms with van der Waals surface area (Å²) in [5, 5.41) is 10.2. The van der Waals surface area contributed by atoms with Crippen LogP contribution in [0.1, 0.15) is 25.7 Å². The minimum absolute atomic E-state index is 0.152. The van der Waals surface area contributed by atoms with E-state index >= 15 is 0 Å². The van der Waals surface area contributed by atoms with E-state index in [9.17, 15) is 5.11 Å². The molecule has 0 aliphatic heterocycles. The second-order valence-electron chi connectivity index (χ2n) is 5.37. The van der Waals surface area contributed by atoms with Crippen LogP contribution in [0.5, 0.6) is 0 Å². The van der Waals surface area contributed by atoms with E-state index in [-0.39, 0.29) is 5.60 Å². The fourth-order valence-corrected chi connectivity index (χ4v) is 5.27. The zero-order valence-corrected chi connectivity index (χ0v) is 6.66. The highest BCUT2D eigenvalue weighted by Gasteiger charge is 2.72. The molecule has 6 bridgehead atoms. The summed E-state index contributed by atoms with van der Waals surface area (Å²) in [5.41, 5.74) is -0.152. The van der Waals surface area contributed by atoms with Crippen LogP contribution in [0, 0.1) is 29.6 Å². The van der Waals surface area contributed by atoms with Crippen molar-refractivity contribution < 1.29 is 5.11 Å². The van der Waals surface area contributed by atoms with Crippen LogP contribution in [-0.4, -0.2) is 10.7 Å². The summed E-state index contributed by atoms with van der Waals surface area (Å²) < 4.78 is 0. The second kappa shape index (κ2) is 1.28. The molecular formula is C10H14O. The highest BCUT2D eigenvalue weighted by molar-refractivity contribution is 5.21. The molecule has 0 aromatic heterocycles. The highest BCUT2D eigenvalue weighted by Crippen LogP contribution is 2.74. The van der Waals surface area contributed by atoms with E-state index in [0.29, 0.717) is 0 Å². The third-order valence-electron chi connectivity index (χ3n) is 5.07. The van der Waals surface area contributed by atoms with Crippen LogP contribution >= 0.6 is 0 Å². The second-order valence-corrected chi connectivity index (χ2v) is 5.37. The van der Waals surface area contributed by atoms with Gasteiger partial charge in [-0.2, -0.15) is 0 Å². The largest absolute Gasteiger partial charge is 0.390 e. The van der Waals surface area contributed by atoms with Crippen LogP contribution < -0.4 is 0 Å². The average Bonchev–Trinajstić information content (AvgIpc) is 2.48. The van der Waals surface area contributed by atoms with E-state index in [0.717, 1.165) is 42.4 Å². The fraction of sp³-hybridized carbons (Fsp3) is 1.00. The van der Waals surface area contributed by atoms with Crippen LogP contribution in [0.25, 0.3) is 0 Å². The lowest BCUT2D eigenvalue weighted by Crippen LogP contribution is -2.42. The predicted molar refractivity (Wildman–Crippen MR) is 40.9 cm³/mol. The molecule has 1 N–H and O–H groups in total. The number of rotatable bonds is 0. The standard InChI is InChI=1S/C10H14O/c11-10-3-6-1-5-2-7(4-10)8(6)9(5)10/h5-9,11H,1-4H2. The first kappa shape index (κ1) is 5.58. The SMILES string of the molecule is OC12CC3CC4CC(C1)C3C42. The van der Waals surface area contributed by atoms with Gasteiger partial charge in [0.2, 0.25) is 0 Å². The Kier molecular flexibility index (Phi) is 0.651. The van der Waals surface area contributed by atoms with E-state index in [4.69, 9.17) is 0 Å². The van der Waals surface area contributed by atoms with Crippen LogP contribution in [-0.2, 0) is 0 Å². The highest BCUT2D eigenvalue weighted by atomic mass is 16.3. The molecule has 0 saturated heterocycles. The Balaban J connectivity index is 1.95. The van der Waals surface area contributed by atoms with Gasteiger partial charge in [0.05, 0.1) is 5.60 Å². The Bertz CT molecular complexity index is 219. The minimum atomic E-state index is -0.152. The van der Waals surface area contributed by atoms with Crippen LogP contribution in [0.3, 0.4) is 0 Å². The molecule has 0 aromatic rings. The molecule has 1 nitrogen and oxygen atoms in total. The maximum absolute atomic E-state index is 10.2. The average molecular weight is 150 g/mol. The summed E-state index contributed by atoms with van der Waals surface area (Å²) in [6.07, 6.45) is 5.26. The third-order valence-corrected chi connectivity index (χ3v) is 5.07. The van der Waals surface area contributed by atoms with Crippen LogP contribution in [0.2, 0.25) is 0 Å². The summed E-state index contributed by atoms with van der Waals surface area (Å²) >= 11 is 0. The van der Waals surface area contributed by atoms with Gasteiger partial charge in [-0.25, -0.2) is 0 Å². The van der Waals surface area contributed by atoms with Gasteiger partial charge < -0.3 is 5.11 Å². The summed E-state index contributed by atoms with van der Waals surface area (Å²) in [4.78, 5) is 0. The van der Waals surface area contributed by atoms with Crippen molar-refractivity contribution in [3.8, 4) is 0 Å². The predicted octanol–water partition coefficient (Wildman–Crippen LogP) is 1.41. The molecule has 60 valence electrons. The molecule has 4 aliphatic rings. The smallest absolute Gasteiger partial charge is 0.0686 e. The van der Waals surface area contributed by atoms with E-state index in [1.807, 2.05) is 0 Å². The molecule has 0 amide bonds. The van der Waals surface area contributed by atoms with Gasteiger partial charge in [0.15, 0.2) is 0 Å². The van der Waals surface area contributed by atoms with Crippen molar-refractivity contribution in [2.45, 2.75) is 31.3 Å². The zero-order chi connectivity index (χ0) is 7.22. The van der Waals surface area contributed by atoms with Crippen molar-refractivity contribution in [1.29, 1.82) is 0 Å². The van der Waals surface area contributed by atoms with Crippen molar-refractivity contribution in [3.05, 3.63) is 0 Å². The summed E-state index contributed by atoms with van der Waals surface area (Å²) in [6.45, 7) is 0. The lowest BCUT2D eigenvalue weighted by molar-refractivity contribution is -0.0592. The van der Waals surface area contributed by atoms with Gasteiger partial charge in [0.25, 0.3) is 0 Å². The maximum atomic E-state index is 10.2. The van der Waals surface area contributed by atoms with Gasteiger partial charge >= 0.3 is 0 Å². The fourth-order valence-electron chi connectivity index (χ4n) is 5.27. The van der Waals surface area contributed by atoms with Gasteiger partial charge in [-0.05, 0) is 55.3 Å². The summed E-state index contributed by atoms with van der Waals surface area (Å²) in [7, 11) is 0. The number of hydrogen-bond donors (Lipinski definition) is 1. The van der Waals surface area contributed by atoms with Gasteiger partial charge in [0.1, 0.15) is 0 Å². The van der Waals surface area contributed by atoms with Crippen molar-refractivity contribution in [1.82, 2.24) is 0 Å². The van der Waals surface area contributed by atoms with Crippen LogP contribution in [0.4, 0.5) is 0 Å². The molecule has 0 radical (unpaired) electrons. The number of hydrogen-bond acceptors (Lipinski definition) is 1. The Morgan fingerprint density at radius 1 is 1.00 bits per heavy atom. The normalized spacial score (nSPS) is 75.5. The molecule has 0 spiro atoms. The minimum Gasteiger partial charge on any atom is -0.390 e. The molecule has 4 aliphatic carbocycles. The summed E-state index contributed by atoms with van der Waals surface area (Å²) in [6, 6.07) is 0. The third kappa shape index (κ3) is 0.395. The first-order valence-corrected chi connectivity index (χ1v) is 5.00. The van der Waals surface area contributed by atoms with E-state index in [1.54, 1.807) is 0 Å².